The number of hydrazine groups is 1. The van der Waals surface area contributed by atoms with E-state index < -0.39 is 17.9 Å². The number of nitrogens with zero attached hydrogens (tertiary/aromatic N) is 1. The Morgan fingerprint density at radius 2 is 1.68 bits per heavy atom. The van der Waals surface area contributed by atoms with Gasteiger partial charge in [0.25, 0.3) is 5.91 Å². The van der Waals surface area contributed by atoms with Gasteiger partial charge in [-0.1, -0.05) is 41.5 Å². The van der Waals surface area contributed by atoms with Gasteiger partial charge in [0.2, 0.25) is 5.91 Å². The predicted molar refractivity (Wildman–Crippen MR) is 107 cm³/mol. The number of rotatable bonds is 10. The Morgan fingerprint density at radius 3 is 2.21 bits per heavy atom. The molecule has 0 saturated carbocycles. The number of amides is 3. The summed E-state index contributed by atoms with van der Waals surface area (Å²) in [6.07, 6.45) is 0.338. The highest BCUT2D eigenvalue weighted by Crippen LogP contribution is 2.10. The van der Waals surface area contributed by atoms with E-state index in [1.165, 1.54) is 0 Å². The van der Waals surface area contributed by atoms with Crippen LogP contribution in [0.1, 0.15) is 64.3 Å². The molecule has 0 radical (unpaired) electrons. The summed E-state index contributed by atoms with van der Waals surface area (Å²) in [5, 5.41) is 2.72. The zero-order chi connectivity index (χ0) is 21.3. The van der Waals surface area contributed by atoms with Gasteiger partial charge in [0.05, 0.1) is 6.54 Å². The molecule has 8 nitrogen and oxygen atoms in total. The maximum Gasteiger partial charge on any atom is 0.305 e. The lowest BCUT2D eigenvalue weighted by atomic mass is 10.0. The Kier molecular flexibility index (Phi) is 9.72. The van der Waals surface area contributed by atoms with Gasteiger partial charge in [-0.15, -0.1) is 0 Å². The second-order valence-electron chi connectivity index (χ2n) is 7.56. The number of carbonyl (C=O) groups is 3. The zero-order valence-electron chi connectivity index (χ0n) is 17.8. The number of nitrogens with one attached hydrogen (secondary N) is 3. The average molecular weight is 395 g/mol. The highest BCUT2D eigenvalue weighted by molar-refractivity contribution is 5.94. The molecule has 28 heavy (non-hydrogen) atoms. The Labute approximate surface area is 167 Å². The quantitative estimate of drug-likeness (QED) is 0.527. The summed E-state index contributed by atoms with van der Waals surface area (Å²) in [5.74, 6) is -0.348. The number of hydrogen-bond donors (Lipinski definition) is 3. The van der Waals surface area contributed by atoms with E-state index in [9.17, 15) is 14.4 Å². The Morgan fingerprint density at radius 1 is 1.04 bits per heavy atom. The van der Waals surface area contributed by atoms with Crippen LogP contribution in [0.25, 0.3) is 0 Å². The molecule has 158 valence electrons. The summed E-state index contributed by atoms with van der Waals surface area (Å²) in [6.45, 7) is 14.0. The fourth-order valence-electron chi connectivity index (χ4n) is 2.65. The van der Waals surface area contributed by atoms with Crippen LogP contribution < -0.4 is 16.2 Å². The van der Waals surface area contributed by atoms with Gasteiger partial charge in [0.15, 0.2) is 5.76 Å². The smallest absolute Gasteiger partial charge is 0.305 e. The topological polar surface area (TPSA) is 104 Å². The lowest BCUT2D eigenvalue weighted by molar-refractivity contribution is -0.130. The maximum atomic E-state index is 12.4. The molecule has 0 aliphatic rings. The van der Waals surface area contributed by atoms with Gasteiger partial charge >= 0.3 is 5.91 Å². The summed E-state index contributed by atoms with van der Waals surface area (Å²) >= 11 is 0. The first-order chi connectivity index (χ1) is 13.2. The van der Waals surface area contributed by atoms with E-state index in [0.29, 0.717) is 18.7 Å². The molecule has 0 bridgehead atoms. The van der Waals surface area contributed by atoms with Crippen molar-refractivity contribution >= 4 is 17.7 Å². The summed E-state index contributed by atoms with van der Waals surface area (Å²) in [7, 11) is 0. The van der Waals surface area contributed by atoms with Gasteiger partial charge in [-0.2, -0.15) is 0 Å². The first-order valence-electron chi connectivity index (χ1n) is 9.88. The standard InChI is InChI=1S/C20H34N4O4/c1-7-24(8-2)12-15-9-10-16(28-15)19(26)22-23-20(27)18(14(5)6)21-17(25)11-13(3)4/h9-10,13-14,18H,7-8,11-12H2,1-6H3,(H,21,25)(H,22,26)(H,23,27). The van der Waals surface area contributed by atoms with Crippen molar-refractivity contribution in [1.29, 1.82) is 0 Å². The third-order valence-corrected chi connectivity index (χ3v) is 4.32. The number of furan rings is 1. The molecule has 3 amide bonds. The van der Waals surface area contributed by atoms with Crippen molar-refractivity contribution in [2.45, 2.75) is 60.5 Å². The molecule has 0 aliphatic carbocycles. The van der Waals surface area contributed by atoms with Gasteiger partial charge in [0.1, 0.15) is 11.8 Å². The fraction of sp³-hybridized carbons (Fsp3) is 0.650. The summed E-state index contributed by atoms with van der Waals surface area (Å²) < 4.78 is 5.55. The molecule has 3 N–H and O–H groups in total. The van der Waals surface area contributed by atoms with Crippen LogP contribution in [0, 0.1) is 11.8 Å². The molecular weight excluding hydrogens is 360 g/mol. The Balaban J connectivity index is 2.61. The molecule has 0 aromatic carbocycles. The molecule has 1 atom stereocenters. The zero-order valence-corrected chi connectivity index (χ0v) is 17.8. The molecule has 1 aromatic rings. The van der Waals surface area contributed by atoms with Gasteiger partial charge < -0.3 is 9.73 Å². The van der Waals surface area contributed by atoms with E-state index in [0.717, 1.165) is 13.1 Å². The Bertz CT molecular complexity index is 650. The van der Waals surface area contributed by atoms with E-state index in [4.69, 9.17) is 4.42 Å². The van der Waals surface area contributed by atoms with Crippen molar-refractivity contribution < 1.29 is 18.8 Å². The van der Waals surface area contributed by atoms with Crippen LogP contribution in [0.2, 0.25) is 0 Å². The van der Waals surface area contributed by atoms with Gasteiger partial charge in [-0.25, -0.2) is 0 Å². The highest BCUT2D eigenvalue weighted by Gasteiger charge is 2.25. The number of hydrogen-bond acceptors (Lipinski definition) is 5. The summed E-state index contributed by atoms with van der Waals surface area (Å²) in [4.78, 5) is 38.8. The molecule has 0 fully saturated rings. The first kappa shape index (κ1) is 23.7. The minimum atomic E-state index is -0.735. The van der Waals surface area contributed by atoms with Crippen molar-refractivity contribution in [3.63, 3.8) is 0 Å². The van der Waals surface area contributed by atoms with Crippen molar-refractivity contribution in [2.24, 2.45) is 11.8 Å². The average Bonchev–Trinajstić information content (AvgIpc) is 3.09. The lowest BCUT2D eigenvalue weighted by Crippen LogP contribution is -2.54. The van der Waals surface area contributed by atoms with Gasteiger partial charge in [0, 0.05) is 6.42 Å². The molecule has 8 heteroatoms. The van der Waals surface area contributed by atoms with E-state index >= 15 is 0 Å². The summed E-state index contributed by atoms with van der Waals surface area (Å²) in [6, 6.07) is 2.59. The largest absolute Gasteiger partial charge is 0.454 e. The highest BCUT2D eigenvalue weighted by atomic mass is 16.4. The SMILES string of the molecule is CCN(CC)Cc1ccc(C(=O)NNC(=O)C(NC(=O)CC(C)C)C(C)C)o1. The predicted octanol–water partition coefficient (Wildman–Crippen LogP) is 2.07. The van der Waals surface area contributed by atoms with E-state index in [-0.39, 0.29) is 23.5 Å². The minimum Gasteiger partial charge on any atom is -0.454 e. The third-order valence-electron chi connectivity index (χ3n) is 4.32. The van der Waals surface area contributed by atoms with Crippen LogP contribution in [0.15, 0.2) is 16.5 Å². The lowest BCUT2D eigenvalue weighted by Gasteiger charge is -2.22. The van der Waals surface area contributed by atoms with Crippen LogP contribution in [0.4, 0.5) is 0 Å². The maximum absolute atomic E-state index is 12.4. The van der Waals surface area contributed by atoms with Gasteiger partial charge in [-0.05, 0) is 37.1 Å². The van der Waals surface area contributed by atoms with Crippen molar-refractivity contribution in [2.75, 3.05) is 13.1 Å². The normalized spacial score (nSPS) is 12.3. The third kappa shape index (κ3) is 7.72. The van der Waals surface area contributed by atoms with Crippen LogP contribution in [0.5, 0.6) is 0 Å². The molecule has 0 spiro atoms. The molecular formula is C20H34N4O4. The summed E-state index contributed by atoms with van der Waals surface area (Å²) in [5.41, 5.74) is 4.72. The molecule has 0 saturated heterocycles. The molecule has 1 heterocycles. The monoisotopic (exact) mass is 394 g/mol. The second kappa shape index (κ2) is 11.5. The molecule has 1 unspecified atom stereocenters. The number of carbonyl (C=O) groups excluding carboxylic acids is 3. The second-order valence-corrected chi connectivity index (χ2v) is 7.56. The van der Waals surface area contributed by atoms with E-state index in [1.54, 1.807) is 12.1 Å². The van der Waals surface area contributed by atoms with Crippen LogP contribution in [-0.2, 0) is 16.1 Å². The first-order valence-corrected chi connectivity index (χ1v) is 9.88. The molecule has 1 aromatic heterocycles. The van der Waals surface area contributed by atoms with Crippen LogP contribution >= 0.6 is 0 Å². The van der Waals surface area contributed by atoms with E-state index in [1.807, 2.05) is 27.7 Å². The van der Waals surface area contributed by atoms with Crippen LogP contribution in [0.3, 0.4) is 0 Å². The molecule has 0 aliphatic heterocycles. The fourth-order valence-corrected chi connectivity index (χ4v) is 2.65. The Hall–Kier alpha value is -2.35. The molecule has 1 rings (SSSR count). The van der Waals surface area contributed by atoms with Crippen molar-refractivity contribution in [1.82, 2.24) is 21.1 Å². The van der Waals surface area contributed by atoms with Crippen molar-refractivity contribution in [3.8, 4) is 0 Å². The van der Waals surface area contributed by atoms with E-state index in [2.05, 4.69) is 34.9 Å². The van der Waals surface area contributed by atoms with Gasteiger partial charge in [-0.3, -0.25) is 30.1 Å². The van der Waals surface area contributed by atoms with Crippen molar-refractivity contribution in [3.05, 3.63) is 23.7 Å². The van der Waals surface area contributed by atoms with Crippen LogP contribution in [-0.4, -0.2) is 41.8 Å². The minimum absolute atomic E-state index is 0.118.